The van der Waals surface area contributed by atoms with Crippen molar-refractivity contribution in [2.24, 2.45) is 0 Å². The largest absolute Gasteiger partial charge is 0.379 e. The summed E-state index contributed by atoms with van der Waals surface area (Å²) in [5.74, 6) is -0.501. The molecule has 2 rings (SSSR count). The first-order valence-electron chi connectivity index (χ1n) is 5.04. The summed E-state index contributed by atoms with van der Waals surface area (Å²) in [4.78, 5) is 5.21. The number of anilines is 1. The summed E-state index contributed by atoms with van der Waals surface area (Å²) >= 11 is 1.54. The Morgan fingerprint density at radius 3 is 3.00 bits per heavy atom. The van der Waals surface area contributed by atoms with Gasteiger partial charge in [-0.15, -0.1) is 11.3 Å². The summed E-state index contributed by atoms with van der Waals surface area (Å²) in [5.41, 5.74) is 3.29. The van der Waals surface area contributed by atoms with Crippen molar-refractivity contribution in [2.75, 3.05) is 5.32 Å². The van der Waals surface area contributed by atoms with Gasteiger partial charge in [-0.25, -0.2) is 9.37 Å². The fourth-order valence-electron chi connectivity index (χ4n) is 1.46. The quantitative estimate of drug-likeness (QED) is 0.906. The Morgan fingerprint density at radius 1 is 1.53 bits per heavy atom. The zero-order chi connectivity index (χ0) is 12.3. The van der Waals surface area contributed by atoms with E-state index in [4.69, 9.17) is 5.26 Å². The van der Waals surface area contributed by atoms with Crippen LogP contribution in [0.3, 0.4) is 0 Å². The van der Waals surface area contributed by atoms with Crippen LogP contribution in [0.5, 0.6) is 0 Å². The molecule has 0 radical (unpaired) electrons. The molecule has 2 aromatic rings. The van der Waals surface area contributed by atoms with Gasteiger partial charge >= 0.3 is 0 Å². The molecule has 0 fully saturated rings. The number of aryl methyl sites for hydroxylation is 1. The lowest BCUT2D eigenvalue weighted by atomic mass is 10.2. The molecule has 1 aromatic carbocycles. The van der Waals surface area contributed by atoms with Crippen LogP contribution in [-0.4, -0.2) is 4.98 Å². The first-order chi connectivity index (χ1) is 8.22. The normalized spacial score (nSPS) is 9.94. The summed E-state index contributed by atoms with van der Waals surface area (Å²) in [5, 5.41) is 11.9. The number of hydrogen-bond acceptors (Lipinski definition) is 4. The van der Waals surface area contributed by atoms with E-state index in [1.807, 2.05) is 13.0 Å². The van der Waals surface area contributed by atoms with Gasteiger partial charge in [-0.3, -0.25) is 0 Å². The van der Waals surface area contributed by atoms with Crippen LogP contribution >= 0.6 is 11.3 Å². The fraction of sp³-hybridized carbons (Fsp3) is 0.167. The predicted molar refractivity (Wildman–Crippen MR) is 65.3 cm³/mol. The third kappa shape index (κ3) is 2.43. The second-order valence-electron chi connectivity index (χ2n) is 3.49. The lowest BCUT2D eigenvalue weighted by Gasteiger charge is -2.07. The minimum Gasteiger partial charge on any atom is -0.379 e. The molecular weight excluding hydrogens is 237 g/mol. The topological polar surface area (TPSA) is 48.7 Å². The summed E-state index contributed by atoms with van der Waals surface area (Å²) < 4.78 is 13.3. The number of rotatable bonds is 3. The molecular formula is C12H10FN3S. The monoisotopic (exact) mass is 247 g/mol. The number of halogens is 1. The molecule has 1 N–H and O–H groups in total. The van der Waals surface area contributed by atoms with Gasteiger partial charge in [0.1, 0.15) is 17.4 Å². The molecule has 0 saturated heterocycles. The van der Waals surface area contributed by atoms with Gasteiger partial charge in [-0.05, 0) is 19.1 Å². The highest BCUT2D eigenvalue weighted by Gasteiger charge is 2.08. The van der Waals surface area contributed by atoms with Gasteiger partial charge < -0.3 is 5.32 Å². The summed E-state index contributed by atoms with van der Waals surface area (Å²) in [6.45, 7) is 2.47. The third-order valence-corrected chi connectivity index (χ3v) is 3.34. The average molecular weight is 247 g/mol. The summed E-state index contributed by atoms with van der Waals surface area (Å²) in [6, 6.07) is 6.41. The van der Waals surface area contributed by atoms with E-state index < -0.39 is 5.82 Å². The highest BCUT2D eigenvalue weighted by molar-refractivity contribution is 7.09. The van der Waals surface area contributed by atoms with Crippen molar-refractivity contribution in [3.05, 3.63) is 45.7 Å². The minimum absolute atomic E-state index is 0.0506. The highest BCUT2D eigenvalue weighted by atomic mass is 32.1. The highest BCUT2D eigenvalue weighted by Crippen LogP contribution is 2.20. The Kier molecular flexibility index (Phi) is 3.35. The van der Waals surface area contributed by atoms with Crippen LogP contribution in [0.1, 0.15) is 16.1 Å². The Balaban J connectivity index is 2.18. The third-order valence-electron chi connectivity index (χ3n) is 2.41. The van der Waals surface area contributed by atoms with Crippen molar-refractivity contribution < 1.29 is 4.39 Å². The van der Waals surface area contributed by atoms with E-state index in [9.17, 15) is 4.39 Å². The van der Waals surface area contributed by atoms with Crippen LogP contribution < -0.4 is 5.32 Å². The van der Waals surface area contributed by atoms with E-state index in [-0.39, 0.29) is 5.56 Å². The van der Waals surface area contributed by atoms with Crippen LogP contribution in [0, 0.1) is 24.1 Å². The number of hydrogen-bond donors (Lipinski definition) is 1. The molecule has 0 aliphatic carbocycles. The summed E-state index contributed by atoms with van der Waals surface area (Å²) in [6.07, 6.45) is 0. The van der Waals surface area contributed by atoms with E-state index in [0.717, 1.165) is 10.6 Å². The SMILES string of the molecule is Cc1ncsc1CNc1cccc(F)c1C#N. The van der Waals surface area contributed by atoms with Crippen molar-refractivity contribution in [1.29, 1.82) is 5.26 Å². The predicted octanol–water partition coefficient (Wildman–Crippen LogP) is 3.07. The maximum Gasteiger partial charge on any atom is 0.143 e. The van der Waals surface area contributed by atoms with Crippen LogP contribution in [0.4, 0.5) is 10.1 Å². The van der Waals surface area contributed by atoms with E-state index >= 15 is 0 Å². The van der Waals surface area contributed by atoms with Crippen molar-refractivity contribution in [2.45, 2.75) is 13.5 Å². The van der Waals surface area contributed by atoms with Crippen molar-refractivity contribution in [3.63, 3.8) is 0 Å². The Labute approximate surface area is 103 Å². The Bertz CT molecular complexity index is 571. The van der Waals surface area contributed by atoms with Crippen LogP contribution in [0.2, 0.25) is 0 Å². The Hall–Kier alpha value is -1.93. The maximum absolute atomic E-state index is 13.3. The molecule has 86 valence electrons. The van der Waals surface area contributed by atoms with E-state index in [1.54, 1.807) is 17.6 Å². The molecule has 1 heterocycles. The van der Waals surface area contributed by atoms with Gasteiger partial charge in [0.2, 0.25) is 0 Å². The first kappa shape index (κ1) is 11.6. The number of aromatic nitrogens is 1. The molecule has 17 heavy (non-hydrogen) atoms. The second-order valence-corrected chi connectivity index (χ2v) is 4.43. The molecule has 0 atom stereocenters. The zero-order valence-electron chi connectivity index (χ0n) is 9.20. The van der Waals surface area contributed by atoms with E-state index in [2.05, 4.69) is 10.3 Å². The number of nitriles is 1. The molecule has 0 spiro atoms. The van der Waals surface area contributed by atoms with Crippen molar-refractivity contribution in [3.8, 4) is 6.07 Å². The maximum atomic E-state index is 13.3. The number of nitrogens with zero attached hydrogens (tertiary/aromatic N) is 2. The molecule has 1 aromatic heterocycles. The molecule has 0 saturated carbocycles. The van der Waals surface area contributed by atoms with Crippen molar-refractivity contribution in [1.82, 2.24) is 4.98 Å². The lowest BCUT2D eigenvalue weighted by molar-refractivity contribution is 0.624. The zero-order valence-corrected chi connectivity index (χ0v) is 10.0. The lowest BCUT2D eigenvalue weighted by Crippen LogP contribution is -2.02. The Morgan fingerprint density at radius 2 is 2.35 bits per heavy atom. The molecule has 0 amide bonds. The van der Waals surface area contributed by atoms with Crippen LogP contribution in [-0.2, 0) is 6.54 Å². The molecule has 0 bridgehead atoms. The van der Waals surface area contributed by atoms with E-state index in [1.165, 1.54) is 17.4 Å². The minimum atomic E-state index is -0.501. The van der Waals surface area contributed by atoms with E-state index in [0.29, 0.717) is 12.2 Å². The van der Waals surface area contributed by atoms with Gasteiger partial charge in [0.25, 0.3) is 0 Å². The number of thiazole rings is 1. The molecule has 0 unspecified atom stereocenters. The number of benzene rings is 1. The van der Waals surface area contributed by atoms with Gasteiger partial charge in [-0.2, -0.15) is 5.26 Å². The molecule has 3 nitrogen and oxygen atoms in total. The molecule has 5 heteroatoms. The van der Waals surface area contributed by atoms with Gasteiger partial charge in [0.05, 0.1) is 23.4 Å². The van der Waals surface area contributed by atoms with Gasteiger partial charge in [0, 0.05) is 4.88 Å². The van der Waals surface area contributed by atoms with Crippen LogP contribution in [0.15, 0.2) is 23.7 Å². The van der Waals surface area contributed by atoms with Crippen LogP contribution in [0.25, 0.3) is 0 Å². The average Bonchev–Trinajstić information content (AvgIpc) is 2.72. The number of nitrogens with one attached hydrogen (secondary N) is 1. The summed E-state index contributed by atoms with van der Waals surface area (Å²) in [7, 11) is 0. The first-order valence-corrected chi connectivity index (χ1v) is 5.91. The van der Waals surface area contributed by atoms with Gasteiger partial charge in [0.15, 0.2) is 0 Å². The molecule has 0 aliphatic heterocycles. The van der Waals surface area contributed by atoms with Crippen molar-refractivity contribution >= 4 is 17.0 Å². The standard InChI is InChI=1S/C12H10FN3S/c1-8-12(17-7-16-8)6-15-11-4-2-3-10(13)9(11)5-14/h2-4,7,15H,6H2,1H3. The second kappa shape index (κ2) is 4.93. The fourth-order valence-corrected chi connectivity index (χ4v) is 2.17. The molecule has 0 aliphatic rings. The smallest absolute Gasteiger partial charge is 0.143 e. The van der Waals surface area contributed by atoms with Gasteiger partial charge in [-0.1, -0.05) is 6.07 Å².